The summed E-state index contributed by atoms with van der Waals surface area (Å²) in [6.45, 7) is 1.96. The summed E-state index contributed by atoms with van der Waals surface area (Å²) in [5, 5.41) is 14.0. The van der Waals surface area contributed by atoms with Crippen molar-refractivity contribution in [2.24, 2.45) is 7.05 Å². The molecule has 2 aromatic rings. The molecule has 0 aliphatic rings. The van der Waals surface area contributed by atoms with E-state index in [1.54, 1.807) is 0 Å². The number of hydrogen-bond donors (Lipinski definition) is 1. The molecule has 21 heavy (non-hydrogen) atoms. The standard InChI is InChI=1S/C11H12F3N5OS/c1-3-4-7-16-17-10(21-7)15-9(20)6-5-19(2)18-8(6)11(12,13)14/h5H,3-4H2,1-2H3,(H,15,17,20). The van der Waals surface area contributed by atoms with Gasteiger partial charge in [-0.2, -0.15) is 18.3 Å². The molecule has 0 spiro atoms. The van der Waals surface area contributed by atoms with Crippen molar-refractivity contribution in [3.63, 3.8) is 0 Å². The average molecular weight is 319 g/mol. The minimum absolute atomic E-state index is 0.167. The van der Waals surface area contributed by atoms with E-state index >= 15 is 0 Å². The van der Waals surface area contributed by atoms with Crippen LogP contribution in [0, 0.1) is 0 Å². The zero-order valence-corrected chi connectivity index (χ0v) is 12.0. The normalized spacial score (nSPS) is 11.7. The van der Waals surface area contributed by atoms with Crippen molar-refractivity contribution in [1.82, 2.24) is 20.0 Å². The highest BCUT2D eigenvalue weighted by Gasteiger charge is 2.39. The number of alkyl halides is 3. The number of halogens is 3. The van der Waals surface area contributed by atoms with Gasteiger partial charge < -0.3 is 0 Å². The largest absolute Gasteiger partial charge is 0.435 e. The first-order valence-corrected chi connectivity index (χ1v) is 6.87. The van der Waals surface area contributed by atoms with Gasteiger partial charge in [-0.1, -0.05) is 18.3 Å². The van der Waals surface area contributed by atoms with Crippen molar-refractivity contribution in [1.29, 1.82) is 0 Å². The maximum atomic E-state index is 12.8. The fourth-order valence-electron chi connectivity index (χ4n) is 1.65. The van der Waals surface area contributed by atoms with Crippen LogP contribution in [0.25, 0.3) is 0 Å². The second kappa shape index (κ2) is 5.80. The monoisotopic (exact) mass is 319 g/mol. The first kappa shape index (κ1) is 15.4. The van der Waals surface area contributed by atoms with Crippen LogP contribution in [0.5, 0.6) is 0 Å². The minimum atomic E-state index is -4.69. The third kappa shape index (κ3) is 3.57. The smallest absolute Gasteiger partial charge is 0.296 e. The molecule has 114 valence electrons. The van der Waals surface area contributed by atoms with E-state index in [0.29, 0.717) is 6.42 Å². The Morgan fingerprint density at radius 2 is 2.14 bits per heavy atom. The molecule has 0 aliphatic carbocycles. The van der Waals surface area contributed by atoms with Crippen molar-refractivity contribution in [2.45, 2.75) is 25.9 Å². The number of hydrogen-bond acceptors (Lipinski definition) is 5. The van der Waals surface area contributed by atoms with Crippen molar-refractivity contribution >= 4 is 22.4 Å². The molecular formula is C11H12F3N5OS. The fourth-order valence-corrected chi connectivity index (χ4v) is 2.48. The van der Waals surface area contributed by atoms with E-state index in [1.807, 2.05) is 6.92 Å². The molecule has 2 rings (SSSR count). The summed E-state index contributed by atoms with van der Waals surface area (Å²) in [6.07, 6.45) is -2.10. The Morgan fingerprint density at radius 3 is 2.76 bits per heavy atom. The summed E-state index contributed by atoms with van der Waals surface area (Å²) in [4.78, 5) is 11.9. The lowest BCUT2D eigenvalue weighted by molar-refractivity contribution is -0.141. The van der Waals surface area contributed by atoms with Gasteiger partial charge in [0.2, 0.25) is 5.13 Å². The van der Waals surface area contributed by atoms with Crippen LogP contribution in [-0.2, 0) is 19.6 Å². The van der Waals surface area contributed by atoms with E-state index in [4.69, 9.17) is 0 Å². The lowest BCUT2D eigenvalue weighted by atomic mass is 10.2. The lowest BCUT2D eigenvalue weighted by Gasteiger charge is -2.05. The Labute approximate surface area is 122 Å². The highest BCUT2D eigenvalue weighted by Crippen LogP contribution is 2.31. The van der Waals surface area contributed by atoms with E-state index in [9.17, 15) is 18.0 Å². The SMILES string of the molecule is CCCc1nnc(NC(=O)c2cn(C)nc2C(F)(F)F)s1. The number of anilines is 1. The Kier molecular flexibility index (Phi) is 4.26. The van der Waals surface area contributed by atoms with E-state index in [1.165, 1.54) is 7.05 Å². The van der Waals surface area contributed by atoms with Crippen LogP contribution in [0.4, 0.5) is 18.3 Å². The third-order valence-corrected chi connectivity index (χ3v) is 3.39. The predicted molar refractivity (Wildman–Crippen MR) is 70.1 cm³/mol. The zero-order chi connectivity index (χ0) is 15.6. The second-order valence-corrected chi connectivity index (χ2v) is 5.33. The second-order valence-electron chi connectivity index (χ2n) is 4.27. The van der Waals surface area contributed by atoms with Gasteiger partial charge >= 0.3 is 6.18 Å². The number of aryl methyl sites for hydroxylation is 2. The van der Waals surface area contributed by atoms with Gasteiger partial charge in [-0.15, -0.1) is 10.2 Å². The van der Waals surface area contributed by atoms with E-state index in [0.717, 1.165) is 33.6 Å². The summed E-state index contributed by atoms with van der Waals surface area (Å²) >= 11 is 1.14. The molecule has 0 unspecified atom stereocenters. The van der Waals surface area contributed by atoms with Crippen molar-refractivity contribution in [2.75, 3.05) is 5.32 Å². The number of carbonyl (C=O) groups is 1. The van der Waals surface area contributed by atoms with Gasteiger partial charge in [0.05, 0.1) is 5.56 Å². The molecule has 10 heteroatoms. The Morgan fingerprint density at radius 1 is 1.43 bits per heavy atom. The summed E-state index contributed by atoms with van der Waals surface area (Å²) in [5.74, 6) is -0.908. The molecule has 6 nitrogen and oxygen atoms in total. The molecule has 0 atom stereocenters. The minimum Gasteiger partial charge on any atom is -0.296 e. The molecule has 0 aliphatic heterocycles. The maximum absolute atomic E-state index is 12.8. The van der Waals surface area contributed by atoms with Crippen LogP contribution >= 0.6 is 11.3 Å². The number of nitrogens with one attached hydrogen (secondary N) is 1. The maximum Gasteiger partial charge on any atom is 0.435 e. The van der Waals surface area contributed by atoms with Crippen LogP contribution < -0.4 is 5.32 Å². The van der Waals surface area contributed by atoms with Gasteiger partial charge in [0.25, 0.3) is 5.91 Å². The van der Waals surface area contributed by atoms with Crippen LogP contribution in [-0.4, -0.2) is 25.9 Å². The van der Waals surface area contributed by atoms with Crippen LogP contribution in [0.15, 0.2) is 6.20 Å². The van der Waals surface area contributed by atoms with Crippen molar-refractivity contribution in [3.05, 3.63) is 22.5 Å². The molecule has 1 amide bonds. The van der Waals surface area contributed by atoms with Crippen LogP contribution in [0.1, 0.15) is 34.4 Å². The Hall–Kier alpha value is -1.97. The highest BCUT2D eigenvalue weighted by molar-refractivity contribution is 7.15. The molecule has 0 bridgehead atoms. The van der Waals surface area contributed by atoms with Crippen LogP contribution in [0.2, 0.25) is 0 Å². The zero-order valence-electron chi connectivity index (χ0n) is 11.2. The number of carbonyl (C=O) groups excluding carboxylic acids is 1. The van der Waals surface area contributed by atoms with Gasteiger partial charge in [-0.25, -0.2) is 0 Å². The predicted octanol–water partition coefficient (Wildman–Crippen LogP) is 2.50. The molecule has 2 heterocycles. The summed E-state index contributed by atoms with van der Waals surface area (Å²) < 4.78 is 39.3. The molecular weight excluding hydrogens is 307 g/mol. The summed E-state index contributed by atoms with van der Waals surface area (Å²) in [5.41, 5.74) is -1.77. The van der Waals surface area contributed by atoms with Crippen molar-refractivity contribution in [3.8, 4) is 0 Å². The topological polar surface area (TPSA) is 72.7 Å². The number of aromatic nitrogens is 4. The Bertz CT molecular complexity index is 649. The average Bonchev–Trinajstić information content (AvgIpc) is 2.96. The van der Waals surface area contributed by atoms with Gasteiger partial charge in [-0.05, 0) is 6.42 Å². The van der Waals surface area contributed by atoms with E-state index < -0.39 is 23.3 Å². The first-order chi connectivity index (χ1) is 9.81. The molecule has 0 radical (unpaired) electrons. The van der Waals surface area contributed by atoms with Gasteiger partial charge in [0.15, 0.2) is 5.69 Å². The van der Waals surface area contributed by atoms with Gasteiger partial charge in [0, 0.05) is 19.7 Å². The van der Waals surface area contributed by atoms with Gasteiger partial charge in [-0.3, -0.25) is 14.8 Å². The number of amides is 1. The van der Waals surface area contributed by atoms with E-state index in [2.05, 4.69) is 20.6 Å². The molecule has 2 aromatic heterocycles. The highest BCUT2D eigenvalue weighted by atomic mass is 32.1. The van der Waals surface area contributed by atoms with Crippen molar-refractivity contribution < 1.29 is 18.0 Å². The van der Waals surface area contributed by atoms with Gasteiger partial charge in [0.1, 0.15) is 5.01 Å². The third-order valence-electron chi connectivity index (χ3n) is 2.49. The molecule has 0 saturated heterocycles. The lowest BCUT2D eigenvalue weighted by Crippen LogP contribution is -2.17. The first-order valence-electron chi connectivity index (χ1n) is 6.05. The molecule has 0 fully saturated rings. The molecule has 0 aromatic carbocycles. The number of rotatable bonds is 4. The molecule has 1 N–H and O–H groups in total. The summed E-state index contributed by atoms with van der Waals surface area (Å²) in [7, 11) is 1.32. The van der Waals surface area contributed by atoms with E-state index in [-0.39, 0.29) is 5.13 Å². The van der Waals surface area contributed by atoms with Crippen LogP contribution in [0.3, 0.4) is 0 Å². The number of nitrogens with zero attached hydrogens (tertiary/aromatic N) is 4. The fraction of sp³-hybridized carbons (Fsp3) is 0.455. The Balaban J connectivity index is 2.20. The quantitative estimate of drug-likeness (QED) is 0.940. The summed E-state index contributed by atoms with van der Waals surface area (Å²) in [6, 6.07) is 0. The molecule has 0 saturated carbocycles.